The van der Waals surface area contributed by atoms with Gasteiger partial charge >= 0.3 is 12.1 Å². The summed E-state index contributed by atoms with van der Waals surface area (Å²) in [5.74, 6) is -1.40. The van der Waals surface area contributed by atoms with Gasteiger partial charge in [0.2, 0.25) is 5.91 Å². The van der Waals surface area contributed by atoms with Crippen LogP contribution in [0.4, 0.5) is 4.79 Å². The summed E-state index contributed by atoms with van der Waals surface area (Å²) < 4.78 is 11.0. The number of benzene rings is 2. The smallest absolute Gasteiger partial charge is 0.407 e. The fourth-order valence-electron chi connectivity index (χ4n) is 5.75. The zero-order valence-electron chi connectivity index (χ0n) is 19.6. The lowest BCUT2D eigenvalue weighted by Gasteiger charge is -2.36. The monoisotopic (exact) mass is 478 g/mol. The van der Waals surface area contributed by atoms with Gasteiger partial charge in [0, 0.05) is 12.5 Å². The minimum absolute atomic E-state index is 0.0200. The maximum Gasteiger partial charge on any atom is 0.407 e. The van der Waals surface area contributed by atoms with Crippen molar-refractivity contribution in [3.05, 3.63) is 59.7 Å². The zero-order valence-corrected chi connectivity index (χ0v) is 19.6. The standard InChI is InChI=1S/C27H30N2O6/c30-24(29-13-14-34-17-23(29)25(31)32)15-27(11-5-6-12-27)28-26(33)35-16-22-20-9-3-1-7-18(20)19-8-2-4-10-21(19)22/h1-4,7-10,22-23H,5-6,11-17H2,(H,28,33)(H,31,32). The Kier molecular flexibility index (Phi) is 6.47. The highest BCUT2D eigenvalue weighted by Crippen LogP contribution is 2.44. The van der Waals surface area contributed by atoms with E-state index >= 15 is 0 Å². The van der Waals surface area contributed by atoms with Crippen molar-refractivity contribution < 1.29 is 29.0 Å². The maximum atomic E-state index is 13.1. The summed E-state index contributed by atoms with van der Waals surface area (Å²) in [6.45, 7) is 0.724. The zero-order chi connectivity index (χ0) is 24.4. The molecule has 8 nitrogen and oxygen atoms in total. The number of nitrogens with one attached hydrogen (secondary N) is 1. The summed E-state index contributed by atoms with van der Waals surface area (Å²) in [6, 6.07) is 15.3. The molecule has 0 radical (unpaired) electrons. The number of carbonyl (C=O) groups excluding carboxylic acids is 2. The highest BCUT2D eigenvalue weighted by atomic mass is 16.5. The number of alkyl carbamates (subject to hydrolysis) is 1. The van der Waals surface area contributed by atoms with Gasteiger partial charge in [-0.3, -0.25) is 4.79 Å². The van der Waals surface area contributed by atoms with Crippen LogP contribution in [0.5, 0.6) is 0 Å². The number of ether oxygens (including phenoxy) is 2. The summed E-state index contributed by atoms with van der Waals surface area (Å²) in [5, 5.41) is 12.5. The molecule has 8 heteroatoms. The number of carboxylic acids is 1. The average Bonchev–Trinajstić information content (AvgIpc) is 3.45. The molecular weight excluding hydrogens is 448 g/mol. The highest BCUT2D eigenvalue weighted by Gasteiger charge is 2.42. The Labute approximate surface area is 204 Å². The van der Waals surface area contributed by atoms with Gasteiger partial charge < -0.3 is 24.8 Å². The van der Waals surface area contributed by atoms with Gasteiger partial charge in [-0.25, -0.2) is 9.59 Å². The third-order valence-electron chi connectivity index (χ3n) is 7.50. The molecule has 1 atom stereocenters. The molecule has 2 aromatic rings. The molecule has 5 rings (SSSR count). The van der Waals surface area contributed by atoms with E-state index in [1.165, 1.54) is 4.90 Å². The lowest BCUT2D eigenvalue weighted by atomic mass is 9.92. The predicted molar refractivity (Wildman–Crippen MR) is 128 cm³/mol. The first-order chi connectivity index (χ1) is 17.0. The summed E-state index contributed by atoms with van der Waals surface area (Å²) in [7, 11) is 0. The molecule has 1 aliphatic heterocycles. The van der Waals surface area contributed by atoms with E-state index < -0.39 is 23.6 Å². The highest BCUT2D eigenvalue weighted by molar-refractivity contribution is 5.85. The summed E-state index contributed by atoms with van der Waals surface area (Å²) >= 11 is 0. The van der Waals surface area contributed by atoms with E-state index in [4.69, 9.17) is 9.47 Å². The molecule has 0 bridgehead atoms. The fourth-order valence-corrected chi connectivity index (χ4v) is 5.75. The van der Waals surface area contributed by atoms with Crippen molar-refractivity contribution in [2.24, 2.45) is 0 Å². The molecule has 0 aromatic heterocycles. The average molecular weight is 479 g/mol. The van der Waals surface area contributed by atoms with E-state index in [-0.39, 0.29) is 38.0 Å². The Bertz CT molecular complexity index is 1080. The molecule has 2 aromatic carbocycles. The number of nitrogens with zero attached hydrogens (tertiary/aromatic N) is 1. The predicted octanol–water partition coefficient (Wildman–Crippen LogP) is 3.54. The first kappa shape index (κ1) is 23.4. The van der Waals surface area contributed by atoms with E-state index in [1.54, 1.807) is 0 Å². The van der Waals surface area contributed by atoms with Crippen molar-refractivity contribution in [1.82, 2.24) is 10.2 Å². The fraction of sp³-hybridized carbons (Fsp3) is 0.444. The molecule has 3 aliphatic rings. The van der Waals surface area contributed by atoms with Crippen LogP contribution in [0.2, 0.25) is 0 Å². The van der Waals surface area contributed by atoms with Crippen molar-refractivity contribution in [3.63, 3.8) is 0 Å². The number of fused-ring (bicyclic) bond motifs is 3. The largest absolute Gasteiger partial charge is 0.480 e. The van der Waals surface area contributed by atoms with E-state index in [9.17, 15) is 19.5 Å². The normalized spacial score (nSPS) is 20.7. The van der Waals surface area contributed by atoms with Crippen LogP contribution >= 0.6 is 0 Å². The number of hydrogen-bond donors (Lipinski definition) is 2. The van der Waals surface area contributed by atoms with Crippen LogP contribution in [0.25, 0.3) is 11.1 Å². The van der Waals surface area contributed by atoms with E-state index in [0.717, 1.165) is 35.1 Å². The minimum atomic E-state index is -1.08. The molecule has 2 N–H and O–H groups in total. The molecule has 2 fully saturated rings. The lowest BCUT2D eigenvalue weighted by molar-refractivity contribution is -0.159. The first-order valence-electron chi connectivity index (χ1n) is 12.2. The third-order valence-corrected chi connectivity index (χ3v) is 7.50. The topological polar surface area (TPSA) is 105 Å². The molecule has 184 valence electrons. The Balaban J connectivity index is 1.25. The van der Waals surface area contributed by atoms with Gasteiger partial charge in [-0.2, -0.15) is 0 Å². The number of morpholine rings is 1. The molecule has 1 saturated carbocycles. The van der Waals surface area contributed by atoms with Crippen molar-refractivity contribution >= 4 is 18.0 Å². The number of amides is 2. The number of aliphatic carboxylic acids is 1. The van der Waals surface area contributed by atoms with Crippen LogP contribution in [-0.2, 0) is 19.1 Å². The second-order valence-electron chi connectivity index (χ2n) is 9.63. The molecule has 1 heterocycles. The molecule has 2 amide bonds. The van der Waals surface area contributed by atoms with Gasteiger partial charge in [0.25, 0.3) is 0 Å². The van der Waals surface area contributed by atoms with Crippen LogP contribution in [0.3, 0.4) is 0 Å². The van der Waals surface area contributed by atoms with Gasteiger partial charge in [-0.1, -0.05) is 61.4 Å². The number of hydrogen-bond acceptors (Lipinski definition) is 5. The van der Waals surface area contributed by atoms with E-state index in [2.05, 4.69) is 29.6 Å². The number of carbonyl (C=O) groups is 3. The summed E-state index contributed by atoms with van der Waals surface area (Å²) in [6.07, 6.45) is 2.61. The van der Waals surface area contributed by atoms with Gasteiger partial charge in [0.15, 0.2) is 6.04 Å². The molecule has 35 heavy (non-hydrogen) atoms. The molecule has 1 unspecified atom stereocenters. The van der Waals surface area contributed by atoms with Crippen molar-refractivity contribution in [3.8, 4) is 11.1 Å². The number of carboxylic acid groups (broad SMARTS) is 1. The maximum absolute atomic E-state index is 13.1. The van der Waals surface area contributed by atoms with E-state index in [1.807, 2.05) is 24.3 Å². The summed E-state index contributed by atoms with van der Waals surface area (Å²) in [4.78, 5) is 39.0. The first-order valence-corrected chi connectivity index (χ1v) is 12.2. The van der Waals surface area contributed by atoms with Crippen LogP contribution in [0.15, 0.2) is 48.5 Å². The SMILES string of the molecule is O=C(NC1(CC(=O)N2CCOCC2C(=O)O)CCCC1)OCC1c2ccccc2-c2ccccc21. The lowest BCUT2D eigenvalue weighted by Crippen LogP contribution is -2.56. The van der Waals surface area contributed by atoms with E-state index in [0.29, 0.717) is 19.4 Å². The minimum Gasteiger partial charge on any atom is -0.480 e. The summed E-state index contributed by atoms with van der Waals surface area (Å²) in [5.41, 5.74) is 3.88. The Morgan fingerprint density at radius 2 is 1.66 bits per heavy atom. The van der Waals surface area contributed by atoms with Crippen LogP contribution in [-0.4, -0.2) is 65.9 Å². The Hall–Kier alpha value is -3.39. The van der Waals surface area contributed by atoms with Crippen molar-refractivity contribution in [1.29, 1.82) is 0 Å². The second kappa shape index (κ2) is 9.70. The second-order valence-corrected chi connectivity index (χ2v) is 9.63. The van der Waals surface area contributed by atoms with Gasteiger partial charge in [-0.15, -0.1) is 0 Å². The Morgan fingerprint density at radius 1 is 1.03 bits per heavy atom. The van der Waals surface area contributed by atoms with Crippen LogP contribution in [0.1, 0.15) is 49.1 Å². The molecule has 1 saturated heterocycles. The number of rotatable bonds is 6. The quantitative estimate of drug-likeness (QED) is 0.658. The molecular formula is C27H30N2O6. The van der Waals surface area contributed by atoms with Gasteiger partial charge in [0.1, 0.15) is 6.61 Å². The van der Waals surface area contributed by atoms with Crippen LogP contribution < -0.4 is 5.32 Å². The molecule has 2 aliphatic carbocycles. The molecule has 0 spiro atoms. The third kappa shape index (κ3) is 4.62. The van der Waals surface area contributed by atoms with Crippen molar-refractivity contribution in [2.75, 3.05) is 26.4 Å². The van der Waals surface area contributed by atoms with Crippen molar-refractivity contribution in [2.45, 2.75) is 49.6 Å². The van der Waals surface area contributed by atoms with Gasteiger partial charge in [0.05, 0.1) is 25.2 Å². The Morgan fingerprint density at radius 3 is 2.29 bits per heavy atom. The van der Waals surface area contributed by atoms with Crippen LogP contribution in [0, 0.1) is 0 Å². The van der Waals surface area contributed by atoms with Gasteiger partial charge in [-0.05, 0) is 35.1 Å².